The maximum absolute atomic E-state index is 12.5. The molecule has 0 saturated carbocycles. The second kappa shape index (κ2) is 58.4. The number of unbranched alkanes of at least 4 members (excludes halogenated alkanes) is 49. The average Bonchev–Trinajstić information content (AvgIpc) is 3.32. The number of aliphatic hydroxyl groups excluding tert-OH is 2. The summed E-state index contributed by atoms with van der Waals surface area (Å²) in [6, 6.07) is -0.531. The zero-order valence-electron chi connectivity index (χ0n) is 45.5. The molecular formula is C62H123NO3. The number of allylic oxidation sites excluding steroid dienone is 2. The van der Waals surface area contributed by atoms with E-state index in [2.05, 4.69) is 31.3 Å². The molecule has 0 aromatic carbocycles. The van der Waals surface area contributed by atoms with Gasteiger partial charge < -0.3 is 15.5 Å². The average molecular weight is 931 g/mol. The van der Waals surface area contributed by atoms with Crippen molar-refractivity contribution in [2.45, 2.75) is 373 Å². The molecule has 0 aliphatic heterocycles. The molecule has 0 aliphatic carbocycles. The predicted octanol–water partition coefficient (Wildman–Crippen LogP) is 20.5. The van der Waals surface area contributed by atoms with E-state index in [1.54, 1.807) is 0 Å². The molecule has 0 aromatic heterocycles. The van der Waals surface area contributed by atoms with Crippen LogP contribution in [-0.4, -0.2) is 34.9 Å². The van der Waals surface area contributed by atoms with Gasteiger partial charge in [0.2, 0.25) is 5.91 Å². The zero-order valence-corrected chi connectivity index (χ0v) is 45.5. The number of carbonyl (C=O) groups excluding carboxylic acids is 1. The molecule has 4 nitrogen and oxygen atoms in total. The fraction of sp³-hybridized carbons (Fsp3) is 0.952. The van der Waals surface area contributed by atoms with E-state index in [9.17, 15) is 15.0 Å². The number of amides is 1. The van der Waals surface area contributed by atoms with Crippen molar-refractivity contribution in [1.29, 1.82) is 0 Å². The van der Waals surface area contributed by atoms with E-state index in [1.807, 2.05) is 0 Å². The highest BCUT2D eigenvalue weighted by Crippen LogP contribution is 2.19. The number of carbonyl (C=O) groups is 1. The highest BCUT2D eigenvalue weighted by atomic mass is 16.3. The Morgan fingerprint density at radius 1 is 0.348 bits per heavy atom. The van der Waals surface area contributed by atoms with E-state index in [-0.39, 0.29) is 12.5 Å². The monoisotopic (exact) mass is 930 g/mol. The first-order chi connectivity index (χ1) is 32.7. The first kappa shape index (κ1) is 65.1. The molecule has 0 aliphatic rings. The molecule has 0 heterocycles. The van der Waals surface area contributed by atoms with Crippen LogP contribution in [-0.2, 0) is 4.79 Å². The molecular weight excluding hydrogens is 807 g/mol. The fourth-order valence-corrected chi connectivity index (χ4v) is 10.1. The molecule has 2 unspecified atom stereocenters. The highest BCUT2D eigenvalue weighted by molar-refractivity contribution is 5.76. The van der Waals surface area contributed by atoms with Crippen molar-refractivity contribution in [3.8, 4) is 0 Å². The molecule has 394 valence electrons. The molecule has 0 fully saturated rings. The third kappa shape index (κ3) is 54.1. The topological polar surface area (TPSA) is 69.6 Å². The minimum atomic E-state index is -0.654. The summed E-state index contributed by atoms with van der Waals surface area (Å²) in [6.07, 6.45) is 76.8. The summed E-state index contributed by atoms with van der Waals surface area (Å²) in [6.45, 7) is 4.39. The van der Waals surface area contributed by atoms with E-state index in [0.717, 1.165) is 25.7 Å². The third-order valence-corrected chi connectivity index (χ3v) is 14.8. The number of aliphatic hydroxyl groups is 2. The molecule has 0 radical (unpaired) electrons. The summed E-state index contributed by atoms with van der Waals surface area (Å²) in [7, 11) is 0. The van der Waals surface area contributed by atoms with Gasteiger partial charge in [0.05, 0.1) is 18.8 Å². The van der Waals surface area contributed by atoms with Crippen LogP contribution in [0.25, 0.3) is 0 Å². The van der Waals surface area contributed by atoms with Gasteiger partial charge in [-0.25, -0.2) is 0 Å². The maximum atomic E-state index is 12.5. The molecule has 0 bridgehead atoms. The number of rotatable bonds is 58. The lowest BCUT2D eigenvalue weighted by atomic mass is 10.0. The van der Waals surface area contributed by atoms with E-state index in [4.69, 9.17) is 0 Å². The van der Waals surface area contributed by atoms with Gasteiger partial charge in [-0.3, -0.25) is 4.79 Å². The lowest BCUT2D eigenvalue weighted by Crippen LogP contribution is -2.45. The molecule has 66 heavy (non-hydrogen) atoms. The molecule has 0 rings (SSSR count). The Balaban J connectivity index is 3.31. The second-order valence-electron chi connectivity index (χ2n) is 21.5. The molecule has 3 N–H and O–H groups in total. The van der Waals surface area contributed by atoms with Crippen LogP contribution in [0, 0.1) is 0 Å². The highest BCUT2D eigenvalue weighted by Gasteiger charge is 2.20. The van der Waals surface area contributed by atoms with Crippen molar-refractivity contribution in [2.75, 3.05) is 6.61 Å². The van der Waals surface area contributed by atoms with Gasteiger partial charge >= 0.3 is 0 Å². The van der Waals surface area contributed by atoms with Crippen LogP contribution in [0.1, 0.15) is 361 Å². The van der Waals surface area contributed by atoms with Gasteiger partial charge in [-0.05, 0) is 38.5 Å². The van der Waals surface area contributed by atoms with Crippen LogP contribution in [0.2, 0.25) is 0 Å². The van der Waals surface area contributed by atoms with Gasteiger partial charge in [0.15, 0.2) is 0 Å². The lowest BCUT2D eigenvalue weighted by Gasteiger charge is -2.22. The van der Waals surface area contributed by atoms with Crippen molar-refractivity contribution in [2.24, 2.45) is 0 Å². The molecule has 0 saturated heterocycles. The van der Waals surface area contributed by atoms with Crippen molar-refractivity contribution in [1.82, 2.24) is 5.32 Å². The second-order valence-corrected chi connectivity index (χ2v) is 21.5. The lowest BCUT2D eigenvalue weighted by molar-refractivity contribution is -0.123. The Labute approximate surface area is 416 Å². The summed E-state index contributed by atoms with van der Waals surface area (Å²) in [4.78, 5) is 12.5. The van der Waals surface area contributed by atoms with Gasteiger partial charge in [-0.15, -0.1) is 0 Å². The van der Waals surface area contributed by atoms with Crippen LogP contribution < -0.4 is 5.32 Å². The Bertz CT molecular complexity index is 921. The number of hydrogen-bond acceptors (Lipinski definition) is 3. The predicted molar refractivity (Wildman–Crippen MR) is 295 cm³/mol. The maximum Gasteiger partial charge on any atom is 0.220 e. The first-order valence-corrected chi connectivity index (χ1v) is 30.9. The fourth-order valence-electron chi connectivity index (χ4n) is 10.1. The van der Waals surface area contributed by atoms with Crippen LogP contribution in [0.15, 0.2) is 12.2 Å². The smallest absolute Gasteiger partial charge is 0.220 e. The van der Waals surface area contributed by atoms with Crippen LogP contribution in [0.5, 0.6) is 0 Å². The molecule has 4 heteroatoms. The number of hydrogen-bond donors (Lipinski definition) is 3. The van der Waals surface area contributed by atoms with Gasteiger partial charge in [0.25, 0.3) is 0 Å². The van der Waals surface area contributed by atoms with E-state index in [1.165, 1.54) is 308 Å². The third-order valence-electron chi connectivity index (χ3n) is 14.8. The molecule has 2 atom stereocenters. The van der Waals surface area contributed by atoms with Gasteiger partial charge in [0, 0.05) is 6.42 Å². The van der Waals surface area contributed by atoms with E-state index in [0.29, 0.717) is 12.8 Å². The quantitative estimate of drug-likeness (QED) is 0.0420. The van der Waals surface area contributed by atoms with Crippen LogP contribution in [0.4, 0.5) is 0 Å². The minimum Gasteiger partial charge on any atom is -0.394 e. The van der Waals surface area contributed by atoms with Gasteiger partial charge in [-0.2, -0.15) is 0 Å². The Morgan fingerprint density at radius 3 is 0.833 bits per heavy atom. The minimum absolute atomic E-state index is 0.0238. The van der Waals surface area contributed by atoms with Crippen molar-refractivity contribution in [3.63, 3.8) is 0 Å². The first-order valence-electron chi connectivity index (χ1n) is 30.9. The Morgan fingerprint density at radius 2 is 0.576 bits per heavy atom. The summed E-state index contributed by atoms with van der Waals surface area (Å²) >= 11 is 0. The van der Waals surface area contributed by atoms with E-state index >= 15 is 0 Å². The summed E-state index contributed by atoms with van der Waals surface area (Å²) in [5, 5.41) is 23.3. The van der Waals surface area contributed by atoms with Crippen LogP contribution in [0.3, 0.4) is 0 Å². The summed E-state index contributed by atoms with van der Waals surface area (Å²) < 4.78 is 0. The van der Waals surface area contributed by atoms with Gasteiger partial charge in [0.1, 0.15) is 0 Å². The normalized spacial score (nSPS) is 12.7. The van der Waals surface area contributed by atoms with Crippen LogP contribution >= 0.6 is 0 Å². The Hall–Kier alpha value is -0.870. The SMILES string of the molecule is CCCCCCCCCC/C=C\CCCCCCCCCCCCCCCCCCCCCCCCCCCCCCCC(=O)NC(CO)C(O)CCCCCCCCCCCCCCC. The van der Waals surface area contributed by atoms with Crippen molar-refractivity contribution in [3.05, 3.63) is 12.2 Å². The molecule has 1 amide bonds. The standard InChI is InChI=1S/C62H123NO3/c1-3-5-7-9-11-13-15-17-18-19-20-21-22-23-24-25-26-27-28-29-30-31-32-33-34-35-36-37-38-39-40-41-42-43-44-46-48-50-52-54-56-58-62(66)63-60(59-64)61(65)57-55-53-51-49-47-45-16-14-12-10-8-6-4-2/h19-20,60-61,64-65H,3-18,21-59H2,1-2H3,(H,63,66)/b20-19-. The zero-order chi connectivity index (χ0) is 47.7. The molecule has 0 spiro atoms. The number of nitrogens with one attached hydrogen (secondary N) is 1. The largest absolute Gasteiger partial charge is 0.394 e. The van der Waals surface area contributed by atoms with E-state index < -0.39 is 12.1 Å². The Kier molecular flexibility index (Phi) is 57.7. The van der Waals surface area contributed by atoms with Gasteiger partial charge in [-0.1, -0.05) is 328 Å². The summed E-state index contributed by atoms with van der Waals surface area (Å²) in [5.74, 6) is -0.0238. The van der Waals surface area contributed by atoms with Crippen molar-refractivity contribution < 1.29 is 15.0 Å². The molecule has 0 aromatic rings. The summed E-state index contributed by atoms with van der Waals surface area (Å²) in [5.41, 5.74) is 0. The van der Waals surface area contributed by atoms with Crippen molar-refractivity contribution >= 4 is 5.91 Å².